The molecule has 4 nitrogen and oxygen atoms in total. The highest BCUT2D eigenvalue weighted by molar-refractivity contribution is 5.87. The topological polar surface area (TPSA) is 65.2 Å². The largest absolute Gasteiger partial charge is 0.457 e. The SMILES string of the molecule is CC(C)(C)OC(=O)C=Cc1ncccc1N. The molecule has 0 saturated heterocycles. The second-order valence-corrected chi connectivity index (χ2v) is 4.34. The molecule has 0 aromatic carbocycles. The number of nitrogens with two attached hydrogens (primary N) is 1. The van der Waals surface area contributed by atoms with Gasteiger partial charge in [0.2, 0.25) is 0 Å². The molecule has 0 aliphatic heterocycles. The van der Waals surface area contributed by atoms with Crippen molar-refractivity contribution in [3.8, 4) is 0 Å². The molecule has 0 amide bonds. The Morgan fingerprint density at radius 3 is 2.75 bits per heavy atom. The Bertz CT molecular complexity index is 406. The van der Waals surface area contributed by atoms with E-state index in [9.17, 15) is 4.79 Å². The predicted octanol–water partition coefficient (Wildman–Crippen LogP) is 2.02. The van der Waals surface area contributed by atoms with Gasteiger partial charge in [-0.05, 0) is 39.0 Å². The van der Waals surface area contributed by atoms with Crippen molar-refractivity contribution in [2.24, 2.45) is 0 Å². The third-order valence-corrected chi connectivity index (χ3v) is 1.66. The van der Waals surface area contributed by atoms with Gasteiger partial charge in [0.05, 0.1) is 11.4 Å². The zero-order valence-corrected chi connectivity index (χ0v) is 9.73. The van der Waals surface area contributed by atoms with Crippen molar-refractivity contribution in [1.82, 2.24) is 4.98 Å². The van der Waals surface area contributed by atoms with Crippen molar-refractivity contribution in [3.05, 3.63) is 30.1 Å². The van der Waals surface area contributed by atoms with Crippen LogP contribution in [0.15, 0.2) is 24.4 Å². The number of rotatable bonds is 2. The molecule has 0 spiro atoms. The number of carbonyl (C=O) groups is 1. The first-order chi connectivity index (χ1) is 7.38. The quantitative estimate of drug-likeness (QED) is 0.611. The number of aromatic nitrogens is 1. The number of nitrogen functional groups attached to an aromatic ring is 1. The van der Waals surface area contributed by atoms with E-state index in [4.69, 9.17) is 10.5 Å². The third kappa shape index (κ3) is 4.13. The maximum absolute atomic E-state index is 11.4. The maximum atomic E-state index is 11.4. The van der Waals surface area contributed by atoms with Crippen molar-refractivity contribution >= 4 is 17.7 Å². The lowest BCUT2D eigenvalue weighted by Crippen LogP contribution is -2.22. The first-order valence-electron chi connectivity index (χ1n) is 5.00. The summed E-state index contributed by atoms with van der Waals surface area (Å²) in [5.41, 5.74) is 6.27. The van der Waals surface area contributed by atoms with E-state index in [1.807, 2.05) is 20.8 Å². The van der Waals surface area contributed by atoms with E-state index in [2.05, 4.69) is 4.98 Å². The molecule has 4 heteroatoms. The van der Waals surface area contributed by atoms with Crippen LogP contribution in [0.25, 0.3) is 6.08 Å². The molecular weight excluding hydrogens is 204 g/mol. The molecule has 1 aromatic rings. The summed E-state index contributed by atoms with van der Waals surface area (Å²) in [6.45, 7) is 5.44. The summed E-state index contributed by atoms with van der Waals surface area (Å²) in [4.78, 5) is 15.4. The lowest BCUT2D eigenvalue weighted by molar-refractivity contribution is -0.148. The summed E-state index contributed by atoms with van der Waals surface area (Å²) in [6.07, 6.45) is 4.48. The number of anilines is 1. The molecule has 0 radical (unpaired) electrons. The van der Waals surface area contributed by atoms with E-state index in [1.54, 1.807) is 24.4 Å². The number of hydrogen-bond acceptors (Lipinski definition) is 4. The maximum Gasteiger partial charge on any atom is 0.331 e. The highest BCUT2D eigenvalue weighted by Crippen LogP contribution is 2.11. The molecule has 0 atom stereocenters. The van der Waals surface area contributed by atoms with Crippen molar-refractivity contribution in [1.29, 1.82) is 0 Å². The lowest BCUT2D eigenvalue weighted by Gasteiger charge is -2.17. The second kappa shape index (κ2) is 4.79. The molecule has 0 bridgehead atoms. The number of pyridine rings is 1. The van der Waals surface area contributed by atoms with Gasteiger partial charge in [0.1, 0.15) is 5.60 Å². The van der Waals surface area contributed by atoms with Crippen molar-refractivity contribution in [2.45, 2.75) is 26.4 Å². The molecule has 2 N–H and O–H groups in total. The number of nitrogens with zero attached hydrogens (tertiary/aromatic N) is 1. The van der Waals surface area contributed by atoms with Crippen LogP contribution in [0, 0.1) is 0 Å². The Morgan fingerprint density at radius 1 is 1.50 bits per heavy atom. The van der Waals surface area contributed by atoms with Crippen LogP contribution < -0.4 is 5.73 Å². The minimum atomic E-state index is -0.489. The second-order valence-electron chi connectivity index (χ2n) is 4.34. The first-order valence-corrected chi connectivity index (χ1v) is 5.00. The standard InChI is InChI=1S/C12H16N2O2/c1-12(2,3)16-11(15)7-6-10-9(13)5-4-8-14-10/h4-8H,13H2,1-3H3. The predicted molar refractivity (Wildman–Crippen MR) is 63.5 cm³/mol. The molecule has 1 aromatic heterocycles. The smallest absolute Gasteiger partial charge is 0.331 e. The molecular formula is C12H16N2O2. The van der Waals surface area contributed by atoms with Crippen LogP contribution in [0.4, 0.5) is 5.69 Å². The summed E-state index contributed by atoms with van der Waals surface area (Å²) in [7, 11) is 0. The Balaban J connectivity index is 2.68. The van der Waals surface area contributed by atoms with Gasteiger partial charge in [-0.25, -0.2) is 4.79 Å². The van der Waals surface area contributed by atoms with E-state index >= 15 is 0 Å². The Morgan fingerprint density at radius 2 is 2.19 bits per heavy atom. The average Bonchev–Trinajstić information content (AvgIpc) is 2.14. The van der Waals surface area contributed by atoms with Crippen molar-refractivity contribution < 1.29 is 9.53 Å². The first kappa shape index (κ1) is 12.2. The Hall–Kier alpha value is -1.84. The monoisotopic (exact) mass is 220 g/mol. The molecule has 1 rings (SSSR count). The molecule has 0 saturated carbocycles. The van der Waals surface area contributed by atoms with Crippen LogP contribution in [-0.4, -0.2) is 16.6 Å². The Labute approximate surface area is 95.1 Å². The van der Waals surface area contributed by atoms with Crippen LogP contribution in [-0.2, 0) is 9.53 Å². The van der Waals surface area contributed by atoms with Gasteiger partial charge in [-0.2, -0.15) is 0 Å². The minimum absolute atomic E-state index is 0.405. The van der Waals surface area contributed by atoms with Gasteiger partial charge in [-0.15, -0.1) is 0 Å². The summed E-state index contributed by atoms with van der Waals surface area (Å²) in [6, 6.07) is 3.46. The van der Waals surface area contributed by atoms with Crippen molar-refractivity contribution in [3.63, 3.8) is 0 Å². The van der Waals surface area contributed by atoms with E-state index in [0.717, 1.165) is 0 Å². The van der Waals surface area contributed by atoms with Gasteiger partial charge in [0, 0.05) is 12.3 Å². The highest BCUT2D eigenvalue weighted by Gasteiger charge is 2.13. The van der Waals surface area contributed by atoms with Crippen LogP contribution in [0.2, 0.25) is 0 Å². The van der Waals surface area contributed by atoms with Gasteiger partial charge >= 0.3 is 5.97 Å². The van der Waals surface area contributed by atoms with Gasteiger partial charge in [-0.1, -0.05) is 0 Å². The molecule has 0 aliphatic rings. The summed E-state index contributed by atoms with van der Waals surface area (Å²) < 4.78 is 5.10. The van der Waals surface area contributed by atoms with Crippen molar-refractivity contribution in [2.75, 3.05) is 5.73 Å². The van der Waals surface area contributed by atoms with Gasteiger partial charge in [0.15, 0.2) is 0 Å². The number of ether oxygens (including phenoxy) is 1. The molecule has 86 valence electrons. The van der Waals surface area contributed by atoms with E-state index in [-0.39, 0.29) is 0 Å². The summed E-state index contributed by atoms with van der Waals surface area (Å²) in [5.74, 6) is -0.405. The summed E-state index contributed by atoms with van der Waals surface area (Å²) >= 11 is 0. The summed E-state index contributed by atoms with van der Waals surface area (Å²) in [5, 5.41) is 0. The van der Waals surface area contributed by atoms with E-state index in [0.29, 0.717) is 11.4 Å². The number of hydrogen-bond donors (Lipinski definition) is 1. The van der Waals surface area contributed by atoms with Gasteiger partial charge in [-0.3, -0.25) is 4.98 Å². The van der Waals surface area contributed by atoms with Crippen LogP contribution in [0.5, 0.6) is 0 Å². The molecule has 1 heterocycles. The fourth-order valence-electron chi connectivity index (χ4n) is 1.05. The molecule has 16 heavy (non-hydrogen) atoms. The Kier molecular flexibility index (Phi) is 3.66. The van der Waals surface area contributed by atoms with Crippen LogP contribution in [0.3, 0.4) is 0 Å². The number of carbonyl (C=O) groups excluding carboxylic acids is 1. The fraction of sp³-hybridized carbons (Fsp3) is 0.333. The minimum Gasteiger partial charge on any atom is -0.457 e. The van der Waals surface area contributed by atoms with E-state index < -0.39 is 11.6 Å². The zero-order valence-electron chi connectivity index (χ0n) is 9.73. The molecule has 0 aliphatic carbocycles. The van der Waals surface area contributed by atoms with Gasteiger partial charge < -0.3 is 10.5 Å². The zero-order chi connectivity index (χ0) is 12.2. The van der Waals surface area contributed by atoms with E-state index in [1.165, 1.54) is 6.08 Å². The normalized spacial score (nSPS) is 11.7. The van der Waals surface area contributed by atoms with Gasteiger partial charge in [0.25, 0.3) is 0 Å². The molecule has 0 fully saturated rings. The molecule has 0 unspecified atom stereocenters. The average molecular weight is 220 g/mol. The third-order valence-electron chi connectivity index (χ3n) is 1.66. The lowest BCUT2D eigenvalue weighted by atomic mass is 10.2. The fourth-order valence-corrected chi connectivity index (χ4v) is 1.05. The van der Waals surface area contributed by atoms with Crippen LogP contribution >= 0.6 is 0 Å². The number of esters is 1. The highest BCUT2D eigenvalue weighted by atomic mass is 16.6. The van der Waals surface area contributed by atoms with Crippen LogP contribution in [0.1, 0.15) is 26.5 Å².